The third kappa shape index (κ3) is 8.25. The molecule has 5 nitrogen and oxygen atoms in total. The highest BCUT2D eigenvalue weighted by atomic mass is 28.4. The van der Waals surface area contributed by atoms with E-state index in [2.05, 4.69) is 87.5 Å². The number of allylic oxidation sites excluding steroid dienone is 2. The maximum atomic E-state index is 12.7. The molecule has 2 aliphatic heterocycles. The molecule has 2 aliphatic rings. The van der Waals surface area contributed by atoms with Crippen LogP contribution in [0.1, 0.15) is 73.6 Å². The van der Waals surface area contributed by atoms with Crippen molar-refractivity contribution in [2.75, 3.05) is 6.61 Å². The summed E-state index contributed by atoms with van der Waals surface area (Å²) in [5.41, 5.74) is 2.73. The van der Waals surface area contributed by atoms with E-state index in [-0.39, 0.29) is 46.9 Å². The second kappa shape index (κ2) is 11.4. The molecule has 2 fully saturated rings. The van der Waals surface area contributed by atoms with Crippen LogP contribution in [-0.4, -0.2) is 53.6 Å². The van der Waals surface area contributed by atoms with Crippen LogP contribution in [0.15, 0.2) is 36.5 Å². The van der Waals surface area contributed by atoms with Gasteiger partial charge in [0.1, 0.15) is 12.2 Å². The molecule has 2 saturated heterocycles. The maximum absolute atomic E-state index is 12.7. The van der Waals surface area contributed by atoms with Gasteiger partial charge in [-0.25, -0.2) is 0 Å². The summed E-state index contributed by atoms with van der Waals surface area (Å²) in [6.45, 7) is 35.6. The Morgan fingerprint density at radius 1 is 0.889 bits per heavy atom. The SMILES string of the molecule is C=C1CCC(=O)O[C@H](CO[Si](C)(C)C(C)(C)C)CC[C@H]2O[C@@H]2[C@H](O[Si](C)(C)C(C)(C)C)C(=C)CC1=C. The number of epoxide rings is 1. The molecule has 206 valence electrons. The highest BCUT2D eigenvalue weighted by molar-refractivity contribution is 6.74. The van der Waals surface area contributed by atoms with E-state index in [1.54, 1.807) is 0 Å². The van der Waals surface area contributed by atoms with Crippen LogP contribution in [0.25, 0.3) is 0 Å². The number of rotatable bonds is 5. The van der Waals surface area contributed by atoms with Gasteiger partial charge in [-0.15, -0.1) is 0 Å². The molecule has 0 spiro atoms. The van der Waals surface area contributed by atoms with Crippen LogP contribution in [0.3, 0.4) is 0 Å². The number of hydrogen-bond donors (Lipinski definition) is 0. The van der Waals surface area contributed by atoms with Crippen LogP contribution in [0.2, 0.25) is 36.3 Å². The van der Waals surface area contributed by atoms with Crippen molar-refractivity contribution < 1.29 is 23.1 Å². The molecule has 4 atom stereocenters. The van der Waals surface area contributed by atoms with Crippen LogP contribution in [0.5, 0.6) is 0 Å². The lowest BCUT2D eigenvalue weighted by molar-refractivity contribution is -0.151. The van der Waals surface area contributed by atoms with Crippen molar-refractivity contribution in [2.45, 2.75) is 134 Å². The molecule has 7 heteroatoms. The Balaban J connectivity index is 2.22. The molecule has 0 radical (unpaired) electrons. The van der Waals surface area contributed by atoms with E-state index < -0.39 is 16.6 Å². The lowest BCUT2D eigenvalue weighted by atomic mass is 9.93. The van der Waals surface area contributed by atoms with Gasteiger partial charge in [-0.3, -0.25) is 4.79 Å². The molecule has 2 heterocycles. The molecule has 0 amide bonds. The second-order valence-corrected chi connectivity index (χ2v) is 23.3. The smallest absolute Gasteiger partial charge is 0.306 e. The Hall–Kier alpha value is -0.996. The first kappa shape index (κ1) is 31.2. The largest absolute Gasteiger partial charge is 0.460 e. The molecule has 0 bridgehead atoms. The average Bonchev–Trinajstić information content (AvgIpc) is 3.49. The summed E-state index contributed by atoms with van der Waals surface area (Å²) in [6.07, 6.45) is 2.47. The van der Waals surface area contributed by atoms with Crippen molar-refractivity contribution in [3.8, 4) is 0 Å². The minimum absolute atomic E-state index is 0.0340. The Labute approximate surface area is 223 Å². The van der Waals surface area contributed by atoms with Crippen LogP contribution in [0, 0.1) is 0 Å². The number of hydrogen-bond acceptors (Lipinski definition) is 5. The van der Waals surface area contributed by atoms with Gasteiger partial charge < -0.3 is 18.3 Å². The zero-order valence-electron chi connectivity index (χ0n) is 24.7. The van der Waals surface area contributed by atoms with E-state index in [9.17, 15) is 4.79 Å². The van der Waals surface area contributed by atoms with Crippen LogP contribution in [-0.2, 0) is 23.1 Å². The van der Waals surface area contributed by atoms with Crippen molar-refractivity contribution >= 4 is 22.6 Å². The fourth-order valence-corrected chi connectivity index (χ4v) is 6.08. The van der Waals surface area contributed by atoms with Crippen LogP contribution < -0.4 is 0 Å². The average molecular weight is 537 g/mol. The van der Waals surface area contributed by atoms with Crippen molar-refractivity contribution in [3.63, 3.8) is 0 Å². The number of carbonyl (C=O) groups excluding carboxylic acids is 1. The lowest BCUT2D eigenvalue weighted by Crippen LogP contribution is -2.46. The van der Waals surface area contributed by atoms with Gasteiger partial charge in [0.25, 0.3) is 0 Å². The molecule has 0 aromatic rings. The zero-order valence-corrected chi connectivity index (χ0v) is 26.7. The van der Waals surface area contributed by atoms with E-state index >= 15 is 0 Å². The molecule has 0 aliphatic carbocycles. The van der Waals surface area contributed by atoms with Crippen molar-refractivity contribution in [1.82, 2.24) is 0 Å². The maximum Gasteiger partial charge on any atom is 0.306 e. The van der Waals surface area contributed by atoms with Gasteiger partial charge in [0.2, 0.25) is 0 Å². The van der Waals surface area contributed by atoms with Gasteiger partial charge in [0, 0.05) is 6.42 Å². The third-order valence-corrected chi connectivity index (χ3v) is 17.6. The predicted molar refractivity (Wildman–Crippen MR) is 154 cm³/mol. The summed E-state index contributed by atoms with van der Waals surface area (Å²) in [6, 6.07) is 0. The summed E-state index contributed by atoms with van der Waals surface area (Å²) < 4.78 is 25.4. The Morgan fingerprint density at radius 2 is 1.47 bits per heavy atom. The Morgan fingerprint density at radius 3 is 2.03 bits per heavy atom. The quantitative estimate of drug-likeness (QED) is 0.156. The number of cyclic esters (lactones) is 1. The first-order valence-electron chi connectivity index (χ1n) is 13.5. The Kier molecular flexibility index (Phi) is 9.89. The van der Waals surface area contributed by atoms with Crippen molar-refractivity contribution in [1.29, 1.82) is 0 Å². The minimum atomic E-state index is -2.05. The molecule has 0 aromatic heterocycles. The second-order valence-electron chi connectivity index (χ2n) is 13.7. The van der Waals surface area contributed by atoms with Gasteiger partial charge in [-0.2, -0.15) is 0 Å². The van der Waals surface area contributed by atoms with Crippen LogP contribution >= 0.6 is 0 Å². The molecule has 0 unspecified atom stereocenters. The standard InChI is InChI=1S/C29H52O5Si2/c1-20-14-17-25(30)32-23(19-31-35(10,11)28(4,5)6)15-16-24-27(33-24)26(22(3)18-21(20)2)34-36(12,13)29(7,8)9/h23-24,26-27H,1-3,14-19H2,4-13H3/t23-,24+,26+,27-/m0/s1. The number of fused-ring (bicyclic) bond motifs is 1. The summed E-state index contributed by atoms with van der Waals surface area (Å²) >= 11 is 0. The zero-order chi connectivity index (χ0) is 27.7. The number of carbonyl (C=O) groups is 1. The van der Waals surface area contributed by atoms with Crippen LogP contribution in [0.4, 0.5) is 0 Å². The predicted octanol–water partition coefficient (Wildman–Crippen LogP) is 7.71. The monoisotopic (exact) mass is 536 g/mol. The first-order chi connectivity index (χ1) is 16.2. The van der Waals surface area contributed by atoms with Gasteiger partial charge >= 0.3 is 5.97 Å². The van der Waals surface area contributed by atoms with E-state index in [0.717, 1.165) is 23.1 Å². The van der Waals surface area contributed by atoms with E-state index in [4.69, 9.17) is 18.3 Å². The summed E-state index contributed by atoms with van der Waals surface area (Å²) in [5.74, 6) is -0.212. The molecule has 0 N–H and O–H groups in total. The first-order valence-corrected chi connectivity index (χ1v) is 19.3. The van der Waals surface area contributed by atoms with E-state index in [0.29, 0.717) is 25.9 Å². The molecule has 0 saturated carbocycles. The summed E-state index contributed by atoms with van der Waals surface area (Å²) in [5, 5.41) is 0.174. The third-order valence-electron chi connectivity index (χ3n) is 8.63. The molecule has 36 heavy (non-hydrogen) atoms. The van der Waals surface area contributed by atoms with E-state index in [1.165, 1.54) is 0 Å². The van der Waals surface area contributed by atoms with Gasteiger partial charge in [0.15, 0.2) is 16.6 Å². The summed E-state index contributed by atoms with van der Waals surface area (Å²) in [7, 11) is -4.01. The van der Waals surface area contributed by atoms with Gasteiger partial charge in [0.05, 0.1) is 18.8 Å². The lowest BCUT2D eigenvalue weighted by Gasteiger charge is -2.39. The summed E-state index contributed by atoms with van der Waals surface area (Å²) in [4.78, 5) is 12.7. The molecule has 0 aromatic carbocycles. The Bertz CT molecular complexity index is 847. The highest BCUT2D eigenvalue weighted by Gasteiger charge is 2.50. The number of esters is 1. The van der Waals surface area contributed by atoms with Gasteiger partial charge in [-0.05, 0) is 73.1 Å². The van der Waals surface area contributed by atoms with Gasteiger partial charge in [-0.1, -0.05) is 66.9 Å². The topological polar surface area (TPSA) is 57.3 Å². The fraction of sp³-hybridized carbons (Fsp3) is 0.759. The highest BCUT2D eigenvalue weighted by Crippen LogP contribution is 2.43. The fourth-order valence-electron chi connectivity index (χ4n) is 3.75. The molecular weight excluding hydrogens is 484 g/mol. The van der Waals surface area contributed by atoms with Crippen molar-refractivity contribution in [2.24, 2.45) is 0 Å². The molecular formula is C29H52O5Si2. The van der Waals surface area contributed by atoms with E-state index in [1.807, 2.05) is 0 Å². The van der Waals surface area contributed by atoms with Crippen molar-refractivity contribution in [3.05, 3.63) is 36.5 Å². The minimum Gasteiger partial charge on any atom is -0.460 e. The molecule has 2 rings (SSSR count). The number of ether oxygens (including phenoxy) is 2. The normalized spacial score (nSPS) is 27.8.